The van der Waals surface area contributed by atoms with E-state index in [9.17, 15) is 9.18 Å². The van der Waals surface area contributed by atoms with E-state index in [0.717, 1.165) is 11.5 Å². The van der Waals surface area contributed by atoms with E-state index in [-0.39, 0.29) is 16.4 Å². The maximum Gasteiger partial charge on any atom is 0.366 e. The van der Waals surface area contributed by atoms with Crippen LogP contribution in [-0.4, -0.2) is 20.4 Å². The Morgan fingerprint density at radius 3 is 2.73 bits per heavy atom. The molecule has 0 saturated carbocycles. The SMILES string of the molecule is O=C(O)c1nc(-c2ccccc2F)ns1. The van der Waals surface area contributed by atoms with Crippen LogP contribution in [0.5, 0.6) is 0 Å². The maximum atomic E-state index is 13.3. The minimum Gasteiger partial charge on any atom is -0.476 e. The highest BCUT2D eigenvalue weighted by Gasteiger charge is 2.14. The molecule has 0 radical (unpaired) electrons. The van der Waals surface area contributed by atoms with Crippen LogP contribution in [0.1, 0.15) is 9.80 Å². The normalized spacial score (nSPS) is 10.2. The molecule has 0 spiro atoms. The van der Waals surface area contributed by atoms with Crippen molar-refractivity contribution in [1.29, 1.82) is 0 Å². The van der Waals surface area contributed by atoms with Gasteiger partial charge in [0.2, 0.25) is 5.01 Å². The highest BCUT2D eigenvalue weighted by atomic mass is 32.1. The van der Waals surface area contributed by atoms with Crippen molar-refractivity contribution >= 4 is 17.5 Å². The first-order valence-electron chi connectivity index (χ1n) is 4.00. The first-order chi connectivity index (χ1) is 7.18. The summed E-state index contributed by atoms with van der Waals surface area (Å²) in [7, 11) is 0. The van der Waals surface area contributed by atoms with E-state index in [1.54, 1.807) is 12.1 Å². The molecule has 6 heteroatoms. The number of rotatable bonds is 2. The summed E-state index contributed by atoms with van der Waals surface area (Å²) in [6.45, 7) is 0. The van der Waals surface area contributed by atoms with Gasteiger partial charge in [0.05, 0.1) is 5.56 Å². The molecule has 0 unspecified atom stereocenters. The zero-order chi connectivity index (χ0) is 10.8. The Kier molecular flexibility index (Phi) is 2.42. The fourth-order valence-electron chi connectivity index (χ4n) is 1.06. The lowest BCUT2D eigenvalue weighted by Gasteiger charge is -1.95. The molecule has 1 aromatic carbocycles. The molecule has 0 bridgehead atoms. The molecule has 76 valence electrons. The van der Waals surface area contributed by atoms with Crippen LogP contribution in [0, 0.1) is 5.82 Å². The number of nitrogens with zero attached hydrogens (tertiary/aromatic N) is 2. The van der Waals surface area contributed by atoms with Gasteiger partial charge in [-0.3, -0.25) is 0 Å². The minimum absolute atomic E-state index is 0.107. The predicted octanol–water partition coefficient (Wildman–Crippen LogP) is 2.04. The molecule has 0 aliphatic heterocycles. The number of carboxylic acids is 1. The van der Waals surface area contributed by atoms with Crippen molar-refractivity contribution in [2.24, 2.45) is 0 Å². The summed E-state index contributed by atoms with van der Waals surface area (Å²) in [6, 6.07) is 5.96. The van der Waals surface area contributed by atoms with E-state index in [1.165, 1.54) is 12.1 Å². The van der Waals surface area contributed by atoms with E-state index in [0.29, 0.717) is 0 Å². The molecule has 0 atom stereocenters. The largest absolute Gasteiger partial charge is 0.476 e. The van der Waals surface area contributed by atoms with E-state index in [2.05, 4.69) is 9.36 Å². The van der Waals surface area contributed by atoms with Gasteiger partial charge in [0, 0.05) is 0 Å². The molecule has 1 heterocycles. The third-order valence-electron chi connectivity index (χ3n) is 1.72. The van der Waals surface area contributed by atoms with Crippen LogP contribution in [0.15, 0.2) is 24.3 Å². The topological polar surface area (TPSA) is 63.1 Å². The predicted molar refractivity (Wildman–Crippen MR) is 52.3 cm³/mol. The van der Waals surface area contributed by atoms with Crippen LogP contribution in [-0.2, 0) is 0 Å². The number of hydrogen-bond donors (Lipinski definition) is 1. The van der Waals surface area contributed by atoms with Gasteiger partial charge >= 0.3 is 5.97 Å². The van der Waals surface area contributed by atoms with Gasteiger partial charge < -0.3 is 5.11 Å². The number of aromatic carboxylic acids is 1. The van der Waals surface area contributed by atoms with Crippen LogP contribution in [0.25, 0.3) is 11.4 Å². The second kappa shape index (κ2) is 3.74. The quantitative estimate of drug-likeness (QED) is 0.847. The molecule has 15 heavy (non-hydrogen) atoms. The molecule has 2 rings (SSSR count). The summed E-state index contributed by atoms with van der Waals surface area (Å²) >= 11 is 0.734. The Morgan fingerprint density at radius 2 is 2.13 bits per heavy atom. The summed E-state index contributed by atoms with van der Waals surface area (Å²) in [5.41, 5.74) is 0.209. The molecular formula is C9H5FN2O2S. The summed E-state index contributed by atoms with van der Waals surface area (Å²) in [6.07, 6.45) is 0. The highest BCUT2D eigenvalue weighted by Crippen LogP contribution is 2.20. The summed E-state index contributed by atoms with van der Waals surface area (Å²) < 4.78 is 17.0. The molecule has 0 aliphatic rings. The molecule has 0 saturated heterocycles. The minimum atomic E-state index is -1.16. The number of hydrogen-bond acceptors (Lipinski definition) is 4. The molecule has 0 fully saturated rings. The summed E-state index contributed by atoms with van der Waals surface area (Å²) in [5.74, 6) is -1.52. The number of aromatic nitrogens is 2. The first kappa shape index (κ1) is 9.72. The summed E-state index contributed by atoms with van der Waals surface area (Å²) in [5, 5.41) is 8.48. The van der Waals surface area contributed by atoms with Crippen LogP contribution in [0.2, 0.25) is 0 Å². The Balaban J connectivity index is 2.46. The van der Waals surface area contributed by atoms with Gasteiger partial charge in [0.25, 0.3) is 0 Å². The molecule has 0 amide bonds. The lowest BCUT2D eigenvalue weighted by molar-refractivity contribution is 0.0696. The number of benzene rings is 1. The number of carbonyl (C=O) groups is 1. The van der Waals surface area contributed by atoms with Gasteiger partial charge in [-0.25, -0.2) is 14.2 Å². The van der Waals surface area contributed by atoms with Gasteiger partial charge in [-0.2, -0.15) is 4.37 Å². The Hall–Kier alpha value is -1.82. The number of halogens is 1. The lowest BCUT2D eigenvalue weighted by atomic mass is 10.2. The average Bonchev–Trinajstić information content (AvgIpc) is 2.67. The van der Waals surface area contributed by atoms with Crippen LogP contribution >= 0.6 is 11.5 Å². The Bertz CT molecular complexity index is 512. The van der Waals surface area contributed by atoms with E-state index in [4.69, 9.17) is 5.11 Å². The molecule has 1 aromatic heterocycles. The first-order valence-corrected chi connectivity index (χ1v) is 4.77. The van der Waals surface area contributed by atoms with Crippen molar-refractivity contribution in [3.05, 3.63) is 35.1 Å². The maximum absolute atomic E-state index is 13.3. The van der Waals surface area contributed by atoms with Crippen LogP contribution in [0.4, 0.5) is 4.39 Å². The van der Waals surface area contributed by atoms with Crippen molar-refractivity contribution in [3.63, 3.8) is 0 Å². The zero-order valence-electron chi connectivity index (χ0n) is 7.35. The van der Waals surface area contributed by atoms with Crippen molar-refractivity contribution in [2.45, 2.75) is 0 Å². The fourth-order valence-corrected chi connectivity index (χ4v) is 1.58. The third kappa shape index (κ3) is 1.84. The van der Waals surface area contributed by atoms with Gasteiger partial charge in [0.1, 0.15) is 5.82 Å². The van der Waals surface area contributed by atoms with Gasteiger partial charge in [0.15, 0.2) is 5.82 Å². The third-order valence-corrected chi connectivity index (χ3v) is 2.43. The smallest absolute Gasteiger partial charge is 0.366 e. The summed E-state index contributed by atoms with van der Waals surface area (Å²) in [4.78, 5) is 14.3. The zero-order valence-corrected chi connectivity index (χ0v) is 8.16. The van der Waals surface area contributed by atoms with Crippen molar-refractivity contribution < 1.29 is 14.3 Å². The van der Waals surface area contributed by atoms with E-state index in [1.807, 2.05) is 0 Å². The van der Waals surface area contributed by atoms with Gasteiger partial charge in [-0.1, -0.05) is 12.1 Å². The van der Waals surface area contributed by atoms with Crippen LogP contribution < -0.4 is 0 Å². The molecular weight excluding hydrogens is 219 g/mol. The molecule has 1 N–H and O–H groups in total. The highest BCUT2D eigenvalue weighted by molar-refractivity contribution is 7.07. The second-order valence-corrected chi connectivity index (χ2v) is 3.46. The van der Waals surface area contributed by atoms with Crippen molar-refractivity contribution in [3.8, 4) is 11.4 Å². The Morgan fingerprint density at radius 1 is 1.40 bits per heavy atom. The molecule has 4 nitrogen and oxygen atoms in total. The van der Waals surface area contributed by atoms with E-state index >= 15 is 0 Å². The van der Waals surface area contributed by atoms with E-state index < -0.39 is 11.8 Å². The van der Waals surface area contributed by atoms with Gasteiger partial charge in [-0.15, -0.1) is 0 Å². The standard InChI is InChI=1S/C9H5FN2O2S/c10-6-4-2-1-3-5(6)7-11-8(9(13)14)15-12-7/h1-4H,(H,13,14). The lowest BCUT2D eigenvalue weighted by Crippen LogP contribution is -1.94. The number of carboxylic acid groups (broad SMARTS) is 1. The van der Waals surface area contributed by atoms with Gasteiger partial charge in [-0.05, 0) is 23.7 Å². The monoisotopic (exact) mass is 224 g/mol. The van der Waals surface area contributed by atoms with Crippen LogP contribution in [0.3, 0.4) is 0 Å². The molecule has 2 aromatic rings. The van der Waals surface area contributed by atoms with Crippen molar-refractivity contribution in [2.75, 3.05) is 0 Å². The Labute approximate surface area is 88.2 Å². The second-order valence-electron chi connectivity index (χ2n) is 2.71. The fraction of sp³-hybridized carbons (Fsp3) is 0. The molecule has 0 aliphatic carbocycles. The van der Waals surface area contributed by atoms with Crippen molar-refractivity contribution in [1.82, 2.24) is 9.36 Å². The average molecular weight is 224 g/mol.